The molecule has 96 valence electrons. The van der Waals surface area contributed by atoms with Crippen molar-refractivity contribution >= 4 is 29.5 Å². The number of rotatable bonds is 3. The monoisotopic (exact) mass is 267 g/mol. The van der Waals surface area contributed by atoms with E-state index in [0.717, 1.165) is 0 Å². The molecule has 0 spiro atoms. The number of imide groups is 1. The lowest BCUT2D eigenvalue weighted by Crippen LogP contribution is -2.35. The van der Waals surface area contributed by atoms with Crippen LogP contribution in [0.2, 0.25) is 0 Å². The molecule has 3 heterocycles. The maximum Gasteiger partial charge on any atom is 0.307 e. The van der Waals surface area contributed by atoms with Crippen LogP contribution in [0.3, 0.4) is 0 Å². The fourth-order valence-corrected chi connectivity index (χ4v) is 4.53. The third kappa shape index (κ3) is 1.51. The van der Waals surface area contributed by atoms with Gasteiger partial charge in [0.15, 0.2) is 0 Å². The quantitative estimate of drug-likeness (QED) is 0.415. The van der Waals surface area contributed by atoms with E-state index in [1.54, 1.807) is 11.8 Å². The SMILES string of the molecule is COC(=O)CCN1C(=O)C2C3C=CC(S3)C2C1=O. The highest BCUT2D eigenvalue weighted by atomic mass is 32.2. The molecule has 5 nitrogen and oxygen atoms in total. The molecule has 0 saturated carbocycles. The number of carbonyl (C=O) groups is 3. The molecule has 2 amide bonds. The molecular weight excluding hydrogens is 254 g/mol. The summed E-state index contributed by atoms with van der Waals surface area (Å²) in [5.41, 5.74) is 0. The summed E-state index contributed by atoms with van der Waals surface area (Å²) in [6.45, 7) is 0.140. The summed E-state index contributed by atoms with van der Waals surface area (Å²) >= 11 is 1.69. The van der Waals surface area contributed by atoms with Crippen molar-refractivity contribution in [1.82, 2.24) is 4.90 Å². The third-order valence-corrected chi connectivity index (χ3v) is 5.30. The van der Waals surface area contributed by atoms with Crippen molar-refractivity contribution in [3.05, 3.63) is 12.2 Å². The van der Waals surface area contributed by atoms with Crippen molar-refractivity contribution in [3.8, 4) is 0 Å². The summed E-state index contributed by atoms with van der Waals surface area (Å²) < 4.78 is 4.52. The van der Waals surface area contributed by atoms with Gasteiger partial charge in [-0.2, -0.15) is 0 Å². The Hall–Kier alpha value is -1.30. The number of methoxy groups -OCH3 is 1. The Balaban J connectivity index is 1.74. The fourth-order valence-electron chi connectivity index (χ4n) is 2.89. The van der Waals surface area contributed by atoms with Gasteiger partial charge in [-0.1, -0.05) is 12.2 Å². The first kappa shape index (κ1) is 11.8. The second-order valence-electron chi connectivity index (χ2n) is 4.66. The van der Waals surface area contributed by atoms with Crippen LogP contribution in [0, 0.1) is 11.8 Å². The van der Waals surface area contributed by atoms with E-state index in [4.69, 9.17) is 0 Å². The molecule has 0 aromatic rings. The Labute approximate surface area is 109 Å². The van der Waals surface area contributed by atoms with E-state index in [2.05, 4.69) is 4.74 Å². The molecule has 3 aliphatic heterocycles. The van der Waals surface area contributed by atoms with Crippen molar-refractivity contribution in [1.29, 1.82) is 0 Å². The van der Waals surface area contributed by atoms with Crippen molar-refractivity contribution < 1.29 is 19.1 Å². The van der Waals surface area contributed by atoms with Crippen molar-refractivity contribution in [3.63, 3.8) is 0 Å². The van der Waals surface area contributed by atoms with Crippen LogP contribution in [0.25, 0.3) is 0 Å². The van der Waals surface area contributed by atoms with Gasteiger partial charge in [-0.05, 0) is 0 Å². The molecule has 4 unspecified atom stereocenters. The van der Waals surface area contributed by atoms with E-state index in [9.17, 15) is 14.4 Å². The van der Waals surface area contributed by atoms with Crippen LogP contribution in [-0.4, -0.2) is 46.8 Å². The average Bonchev–Trinajstić information content (AvgIpc) is 3.02. The summed E-state index contributed by atoms with van der Waals surface area (Å²) in [5, 5.41) is 0.277. The first-order chi connectivity index (χ1) is 8.63. The van der Waals surface area contributed by atoms with Gasteiger partial charge in [-0.25, -0.2) is 0 Å². The smallest absolute Gasteiger partial charge is 0.307 e. The summed E-state index contributed by atoms with van der Waals surface area (Å²) in [5.74, 6) is -1.08. The average molecular weight is 267 g/mol. The predicted octanol–water partition coefficient (Wildman–Crippen LogP) is 0.204. The molecule has 0 aromatic heterocycles. The Morgan fingerprint density at radius 3 is 2.33 bits per heavy atom. The Morgan fingerprint density at radius 2 is 1.83 bits per heavy atom. The van der Waals surface area contributed by atoms with Crippen molar-refractivity contribution in [2.45, 2.75) is 16.9 Å². The van der Waals surface area contributed by atoms with Gasteiger partial charge in [0.25, 0.3) is 0 Å². The normalized spacial score (nSPS) is 36.4. The lowest BCUT2D eigenvalue weighted by molar-refractivity contribution is -0.143. The zero-order chi connectivity index (χ0) is 12.9. The number of nitrogens with zero attached hydrogens (tertiary/aromatic N) is 1. The number of amides is 2. The van der Waals surface area contributed by atoms with Crippen LogP contribution in [0.5, 0.6) is 0 Å². The van der Waals surface area contributed by atoms with Crippen molar-refractivity contribution in [2.75, 3.05) is 13.7 Å². The van der Waals surface area contributed by atoms with Gasteiger partial charge in [0, 0.05) is 17.0 Å². The van der Waals surface area contributed by atoms with Gasteiger partial charge in [0.2, 0.25) is 11.8 Å². The minimum Gasteiger partial charge on any atom is -0.469 e. The Morgan fingerprint density at radius 1 is 1.28 bits per heavy atom. The zero-order valence-corrected chi connectivity index (χ0v) is 10.7. The maximum absolute atomic E-state index is 12.2. The number of carbonyl (C=O) groups excluding carboxylic acids is 3. The molecule has 0 aromatic carbocycles. The highest BCUT2D eigenvalue weighted by Gasteiger charge is 2.59. The summed E-state index contributed by atoms with van der Waals surface area (Å²) in [6, 6.07) is 0. The molecule has 2 fully saturated rings. The molecule has 3 rings (SSSR count). The highest BCUT2D eigenvalue weighted by Crippen LogP contribution is 2.53. The summed E-state index contributed by atoms with van der Waals surface area (Å²) in [4.78, 5) is 36.7. The number of thioether (sulfide) groups is 1. The van der Waals surface area contributed by atoms with E-state index < -0.39 is 5.97 Å². The van der Waals surface area contributed by atoms with E-state index in [1.165, 1.54) is 12.0 Å². The predicted molar refractivity (Wildman–Crippen MR) is 64.6 cm³/mol. The molecule has 0 aliphatic carbocycles. The number of fused-ring (bicyclic) bond motifs is 5. The topological polar surface area (TPSA) is 63.7 Å². The molecule has 2 bridgehead atoms. The van der Waals surface area contributed by atoms with Gasteiger partial charge in [0.1, 0.15) is 0 Å². The molecule has 4 atom stereocenters. The summed E-state index contributed by atoms with van der Waals surface area (Å²) in [6.07, 6.45) is 4.11. The second-order valence-corrected chi connectivity index (χ2v) is 6.02. The van der Waals surface area contributed by atoms with Crippen LogP contribution < -0.4 is 0 Å². The van der Waals surface area contributed by atoms with Crippen LogP contribution in [-0.2, 0) is 19.1 Å². The first-order valence-electron chi connectivity index (χ1n) is 5.89. The number of likely N-dealkylation sites (tertiary alicyclic amines) is 1. The van der Waals surface area contributed by atoms with Gasteiger partial charge < -0.3 is 4.74 Å². The number of hydrogen-bond donors (Lipinski definition) is 0. The van der Waals surface area contributed by atoms with E-state index in [-0.39, 0.29) is 47.1 Å². The Kier molecular flexibility index (Phi) is 2.69. The number of esters is 1. The minimum absolute atomic E-state index is 0.0727. The van der Waals surface area contributed by atoms with Gasteiger partial charge >= 0.3 is 5.97 Å². The standard InChI is InChI=1S/C12H13NO4S/c1-17-8(14)4-5-13-11(15)9-6-2-3-7(18-6)10(9)12(13)16/h2-3,6-7,9-10H,4-5H2,1H3. The largest absolute Gasteiger partial charge is 0.469 e. The van der Waals surface area contributed by atoms with E-state index in [1.807, 2.05) is 12.2 Å². The zero-order valence-electron chi connectivity index (χ0n) is 9.87. The molecule has 0 N–H and O–H groups in total. The molecule has 6 heteroatoms. The fraction of sp³-hybridized carbons (Fsp3) is 0.583. The molecule has 3 aliphatic rings. The minimum atomic E-state index is -0.400. The highest BCUT2D eigenvalue weighted by molar-refractivity contribution is 8.01. The summed E-state index contributed by atoms with van der Waals surface area (Å²) in [7, 11) is 1.30. The lowest BCUT2D eigenvalue weighted by atomic mass is 9.85. The van der Waals surface area contributed by atoms with E-state index in [0.29, 0.717) is 0 Å². The van der Waals surface area contributed by atoms with Crippen molar-refractivity contribution in [2.24, 2.45) is 11.8 Å². The van der Waals surface area contributed by atoms with E-state index >= 15 is 0 Å². The first-order valence-corrected chi connectivity index (χ1v) is 6.83. The lowest BCUT2D eigenvalue weighted by Gasteiger charge is -2.16. The number of ether oxygens (including phenoxy) is 1. The van der Waals surface area contributed by atoms with Crippen LogP contribution >= 0.6 is 11.8 Å². The van der Waals surface area contributed by atoms with Gasteiger partial charge in [-0.3, -0.25) is 19.3 Å². The van der Waals surface area contributed by atoms with Gasteiger partial charge in [-0.15, -0.1) is 11.8 Å². The maximum atomic E-state index is 12.2. The van der Waals surface area contributed by atoms with Gasteiger partial charge in [0.05, 0.1) is 25.4 Å². The molecular formula is C12H13NO4S. The van der Waals surface area contributed by atoms with Crippen LogP contribution in [0.15, 0.2) is 12.2 Å². The Bertz CT molecular complexity index is 431. The molecule has 0 radical (unpaired) electrons. The second kappa shape index (κ2) is 4.12. The van der Waals surface area contributed by atoms with Crippen LogP contribution in [0.4, 0.5) is 0 Å². The number of hydrogen-bond acceptors (Lipinski definition) is 5. The molecule has 2 saturated heterocycles. The molecule has 18 heavy (non-hydrogen) atoms. The third-order valence-electron chi connectivity index (χ3n) is 3.77. The van der Waals surface area contributed by atoms with Crippen LogP contribution in [0.1, 0.15) is 6.42 Å².